The summed E-state index contributed by atoms with van der Waals surface area (Å²) in [6.45, 7) is 4.08. The number of ether oxygens (including phenoxy) is 1. The highest BCUT2D eigenvalue weighted by Gasteiger charge is 2.27. The van der Waals surface area contributed by atoms with Gasteiger partial charge in [-0.15, -0.1) is 0 Å². The van der Waals surface area contributed by atoms with E-state index in [0.717, 1.165) is 31.7 Å². The number of methoxy groups -OCH3 is 1. The number of nitrogens with zero attached hydrogens (tertiary/aromatic N) is 2. The fourth-order valence-electron chi connectivity index (χ4n) is 3.91. The summed E-state index contributed by atoms with van der Waals surface area (Å²) in [5.74, 6) is 6.24. The Morgan fingerprint density at radius 3 is 2.55 bits per heavy atom. The molecule has 5 nitrogen and oxygen atoms in total. The van der Waals surface area contributed by atoms with Crippen LogP contribution in [0.3, 0.4) is 0 Å². The molecule has 0 bridgehead atoms. The maximum Gasteiger partial charge on any atom is 0.131 e. The van der Waals surface area contributed by atoms with Crippen molar-refractivity contribution in [3.8, 4) is 17.6 Å². The SMILES string of the molecule is COc1ccc(CN2CCN(Cc3ccc(C#CCCO)cc3)CC2CCO)c(F)c1. The molecular formula is C25H31FN2O3. The van der Waals surface area contributed by atoms with Crippen LogP contribution in [0, 0.1) is 17.7 Å². The van der Waals surface area contributed by atoms with Crippen LogP contribution in [-0.2, 0) is 13.1 Å². The van der Waals surface area contributed by atoms with Crippen molar-refractivity contribution in [2.45, 2.75) is 32.0 Å². The third kappa shape index (κ3) is 6.78. The molecule has 31 heavy (non-hydrogen) atoms. The van der Waals surface area contributed by atoms with Gasteiger partial charge in [0.2, 0.25) is 0 Å². The number of benzene rings is 2. The van der Waals surface area contributed by atoms with Gasteiger partial charge in [-0.3, -0.25) is 9.80 Å². The zero-order valence-corrected chi connectivity index (χ0v) is 18.1. The third-order valence-corrected chi connectivity index (χ3v) is 5.61. The highest BCUT2D eigenvalue weighted by Crippen LogP contribution is 2.22. The number of piperazine rings is 1. The van der Waals surface area contributed by atoms with E-state index in [0.29, 0.717) is 30.7 Å². The third-order valence-electron chi connectivity index (χ3n) is 5.61. The van der Waals surface area contributed by atoms with E-state index >= 15 is 0 Å². The largest absolute Gasteiger partial charge is 0.497 e. The summed E-state index contributed by atoms with van der Waals surface area (Å²) in [6, 6.07) is 13.3. The van der Waals surface area contributed by atoms with Crippen LogP contribution in [0.4, 0.5) is 4.39 Å². The number of aliphatic hydroxyl groups is 2. The maximum atomic E-state index is 14.4. The van der Waals surface area contributed by atoms with Crippen molar-refractivity contribution < 1.29 is 19.3 Å². The molecule has 2 aromatic carbocycles. The lowest BCUT2D eigenvalue weighted by atomic mass is 10.1. The van der Waals surface area contributed by atoms with Crippen LogP contribution in [-0.4, -0.2) is 66.0 Å². The summed E-state index contributed by atoms with van der Waals surface area (Å²) in [5.41, 5.74) is 2.81. The molecule has 2 N–H and O–H groups in total. The van der Waals surface area contributed by atoms with Gasteiger partial charge in [-0.05, 0) is 30.2 Å². The Bertz CT molecular complexity index is 892. The summed E-state index contributed by atoms with van der Waals surface area (Å²) in [7, 11) is 1.53. The van der Waals surface area contributed by atoms with Gasteiger partial charge < -0.3 is 14.9 Å². The molecule has 1 atom stereocenters. The summed E-state index contributed by atoms with van der Waals surface area (Å²) in [4.78, 5) is 4.64. The molecule has 1 aliphatic heterocycles. The van der Waals surface area contributed by atoms with Crippen LogP contribution in [0.25, 0.3) is 0 Å². The fourth-order valence-corrected chi connectivity index (χ4v) is 3.91. The second kappa shape index (κ2) is 11.8. The van der Waals surface area contributed by atoms with Crippen molar-refractivity contribution in [2.24, 2.45) is 0 Å². The van der Waals surface area contributed by atoms with Crippen LogP contribution in [0.5, 0.6) is 5.75 Å². The number of hydrogen-bond donors (Lipinski definition) is 2. The Hall–Kier alpha value is -2.43. The molecule has 1 saturated heterocycles. The van der Waals surface area contributed by atoms with Gasteiger partial charge in [-0.2, -0.15) is 0 Å². The Labute approximate surface area is 184 Å². The minimum atomic E-state index is -0.258. The predicted octanol–water partition coefficient (Wildman–Crippen LogP) is 2.64. The second-order valence-electron chi connectivity index (χ2n) is 7.80. The summed E-state index contributed by atoms with van der Waals surface area (Å²) in [5, 5.41) is 18.4. The van der Waals surface area contributed by atoms with Gasteiger partial charge in [0.15, 0.2) is 0 Å². The van der Waals surface area contributed by atoms with Crippen LogP contribution < -0.4 is 4.74 Å². The Balaban J connectivity index is 1.60. The highest BCUT2D eigenvalue weighted by atomic mass is 19.1. The van der Waals surface area contributed by atoms with Crippen molar-refractivity contribution in [3.63, 3.8) is 0 Å². The fraction of sp³-hybridized carbons (Fsp3) is 0.440. The first-order valence-corrected chi connectivity index (χ1v) is 10.7. The van der Waals surface area contributed by atoms with Crippen LogP contribution in [0.2, 0.25) is 0 Å². The first-order chi connectivity index (χ1) is 15.1. The van der Waals surface area contributed by atoms with E-state index in [2.05, 4.69) is 33.8 Å². The molecule has 166 valence electrons. The van der Waals surface area contributed by atoms with E-state index in [1.807, 2.05) is 12.1 Å². The van der Waals surface area contributed by atoms with Crippen molar-refractivity contribution in [1.82, 2.24) is 9.80 Å². The molecule has 1 unspecified atom stereocenters. The molecule has 1 aliphatic rings. The second-order valence-corrected chi connectivity index (χ2v) is 7.80. The lowest BCUT2D eigenvalue weighted by Crippen LogP contribution is -2.52. The topological polar surface area (TPSA) is 56.2 Å². The van der Waals surface area contributed by atoms with Crippen molar-refractivity contribution in [1.29, 1.82) is 0 Å². The minimum absolute atomic E-state index is 0.0805. The lowest BCUT2D eigenvalue weighted by molar-refractivity contribution is 0.0493. The van der Waals surface area contributed by atoms with Gasteiger partial charge >= 0.3 is 0 Å². The molecule has 0 saturated carbocycles. The van der Waals surface area contributed by atoms with Crippen molar-refractivity contribution >= 4 is 0 Å². The van der Waals surface area contributed by atoms with E-state index in [-0.39, 0.29) is 25.1 Å². The molecule has 3 rings (SSSR count). The summed E-state index contributed by atoms with van der Waals surface area (Å²) >= 11 is 0. The monoisotopic (exact) mass is 426 g/mol. The van der Waals surface area contributed by atoms with E-state index in [4.69, 9.17) is 9.84 Å². The molecule has 0 aliphatic carbocycles. The summed E-state index contributed by atoms with van der Waals surface area (Å²) < 4.78 is 19.5. The molecular weight excluding hydrogens is 395 g/mol. The van der Waals surface area contributed by atoms with Gasteiger partial charge in [0, 0.05) is 69.0 Å². The first-order valence-electron chi connectivity index (χ1n) is 10.7. The normalized spacial score (nSPS) is 17.2. The Morgan fingerprint density at radius 1 is 1.06 bits per heavy atom. The van der Waals surface area contributed by atoms with E-state index in [1.165, 1.54) is 18.7 Å². The van der Waals surface area contributed by atoms with Crippen molar-refractivity contribution in [3.05, 3.63) is 65.0 Å². The number of halogens is 1. The van der Waals surface area contributed by atoms with Gasteiger partial charge in [0.25, 0.3) is 0 Å². The van der Waals surface area contributed by atoms with E-state index in [1.54, 1.807) is 12.1 Å². The van der Waals surface area contributed by atoms with Gasteiger partial charge in [-0.1, -0.05) is 30.0 Å². The number of aliphatic hydroxyl groups excluding tert-OH is 2. The maximum absolute atomic E-state index is 14.4. The molecule has 0 aromatic heterocycles. The van der Waals surface area contributed by atoms with Gasteiger partial charge in [0.05, 0.1) is 13.7 Å². The molecule has 0 spiro atoms. The predicted molar refractivity (Wildman–Crippen MR) is 119 cm³/mol. The first kappa shape index (κ1) is 23.2. The number of rotatable bonds is 8. The molecule has 2 aromatic rings. The average molecular weight is 427 g/mol. The zero-order valence-electron chi connectivity index (χ0n) is 18.1. The quantitative estimate of drug-likeness (QED) is 0.636. The van der Waals surface area contributed by atoms with Gasteiger partial charge in [0.1, 0.15) is 11.6 Å². The van der Waals surface area contributed by atoms with Crippen LogP contribution in [0.15, 0.2) is 42.5 Å². The molecule has 1 heterocycles. The lowest BCUT2D eigenvalue weighted by Gasteiger charge is -2.41. The molecule has 0 amide bonds. The zero-order chi connectivity index (χ0) is 22.1. The molecule has 6 heteroatoms. The van der Waals surface area contributed by atoms with Gasteiger partial charge in [-0.25, -0.2) is 4.39 Å². The minimum Gasteiger partial charge on any atom is -0.497 e. The summed E-state index contributed by atoms with van der Waals surface area (Å²) in [6.07, 6.45) is 1.15. The van der Waals surface area contributed by atoms with Crippen LogP contribution >= 0.6 is 0 Å². The molecule has 0 radical (unpaired) electrons. The Kier molecular flexibility index (Phi) is 8.86. The average Bonchev–Trinajstić information content (AvgIpc) is 2.78. The van der Waals surface area contributed by atoms with E-state index < -0.39 is 0 Å². The van der Waals surface area contributed by atoms with Crippen LogP contribution in [0.1, 0.15) is 29.5 Å². The number of hydrogen-bond acceptors (Lipinski definition) is 5. The van der Waals surface area contributed by atoms with Crippen molar-refractivity contribution in [2.75, 3.05) is 40.0 Å². The standard InChI is InChI=1S/C25H31FN2O3/c1-31-24-10-9-22(25(26)16-24)18-28-13-12-27(19-23(28)11-15-30)17-21-7-5-20(6-8-21)4-2-3-14-29/h5-10,16,23,29-30H,3,11-15,17-19H2,1H3. The Morgan fingerprint density at radius 2 is 1.87 bits per heavy atom. The highest BCUT2D eigenvalue weighted by molar-refractivity contribution is 5.36. The molecule has 1 fully saturated rings. The van der Waals surface area contributed by atoms with E-state index in [9.17, 15) is 9.50 Å². The smallest absolute Gasteiger partial charge is 0.131 e.